The van der Waals surface area contributed by atoms with Crippen LogP contribution in [0.25, 0.3) is 11.5 Å². The number of hydrogen-bond acceptors (Lipinski definition) is 6. The van der Waals surface area contributed by atoms with Gasteiger partial charge in [-0.25, -0.2) is 13.4 Å². The summed E-state index contributed by atoms with van der Waals surface area (Å²) in [5, 5.41) is 7.61. The highest BCUT2D eigenvalue weighted by molar-refractivity contribution is 7.90. The van der Waals surface area contributed by atoms with Crippen molar-refractivity contribution < 1.29 is 12.8 Å². The van der Waals surface area contributed by atoms with Crippen LogP contribution in [-0.4, -0.2) is 28.2 Å². The first-order valence-corrected chi connectivity index (χ1v) is 8.26. The molecule has 114 valence electrons. The van der Waals surface area contributed by atoms with Gasteiger partial charge in [0, 0.05) is 17.6 Å². The van der Waals surface area contributed by atoms with E-state index >= 15 is 0 Å². The van der Waals surface area contributed by atoms with Crippen molar-refractivity contribution in [1.82, 2.24) is 19.7 Å². The zero-order valence-electron chi connectivity index (χ0n) is 11.5. The average molecular weight is 339 g/mol. The van der Waals surface area contributed by atoms with Crippen LogP contribution in [0, 0.1) is 0 Å². The van der Waals surface area contributed by atoms with Gasteiger partial charge in [0.25, 0.3) is 0 Å². The molecule has 0 unspecified atom stereocenters. The Kier molecular flexibility index (Phi) is 3.71. The Bertz CT molecular complexity index is 917. The van der Waals surface area contributed by atoms with Gasteiger partial charge in [0.1, 0.15) is 18.3 Å². The van der Waals surface area contributed by atoms with Crippen LogP contribution in [0.5, 0.6) is 0 Å². The minimum Gasteiger partial charge on any atom is -0.444 e. The van der Waals surface area contributed by atoms with Crippen molar-refractivity contribution in [3.05, 3.63) is 47.6 Å². The lowest BCUT2D eigenvalue weighted by molar-refractivity contribution is 0.568. The van der Waals surface area contributed by atoms with Crippen molar-refractivity contribution in [1.29, 1.82) is 0 Å². The third-order valence-corrected chi connectivity index (χ3v) is 4.75. The van der Waals surface area contributed by atoms with Gasteiger partial charge in [-0.05, 0) is 18.2 Å². The highest BCUT2D eigenvalue weighted by Gasteiger charge is 2.23. The van der Waals surface area contributed by atoms with Crippen LogP contribution in [-0.2, 0) is 22.6 Å². The third kappa shape index (κ3) is 2.88. The molecule has 2 aromatic heterocycles. The van der Waals surface area contributed by atoms with Gasteiger partial charge in [0.15, 0.2) is 0 Å². The van der Waals surface area contributed by atoms with Gasteiger partial charge in [-0.3, -0.25) is 0 Å². The molecular weight excluding hydrogens is 328 g/mol. The largest absolute Gasteiger partial charge is 0.444 e. The molecule has 3 aromatic rings. The second kappa shape index (κ2) is 5.54. The van der Waals surface area contributed by atoms with Gasteiger partial charge in [0.2, 0.25) is 20.9 Å². The predicted molar refractivity (Wildman–Crippen MR) is 78.8 cm³/mol. The molecule has 22 heavy (non-hydrogen) atoms. The van der Waals surface area contributed by atoms with Crippen LogP contribution in [0.4, 0.5) is 0 Å². The normalized spacial score (nSPS) is 11.7. The minimum atomic E-state index is -3.64. The SMILES string of the molecule is Cn1cnnc1S(=O)(=O)Cc1coc(-c2cccc(Cl)c2)n1. The van der Waals surface area contributed by atoms with Crippen LogP contribution in [0.3, 0.4) is 0 Å². The molecule has 0 fully saturated rings. The minimum absolute atomic E-state index is 0.111. The number of sulfone groups is 1. The highest BCUT2D eigenvalue weighted by atomic mass is 35.5. The van der Waals surface area contributed by atoms with Gasteiger partial charge in [0.05, 0.1) is 5.69 Å². The maximum atomic E-state index is 12.3. The molecule has 9 heteroatoms. The lowest BCUT2D eigenvalue weighted by atomic mass is 10.2. The molecular formula is C13H11ClN4O3S. The lowest BCUT2D eigenvalue weighted by Crippen LogP contribution is -2.11. The van der Waals surface area contributed by atoms with Crippen LogP contribution < -0.4 is 0 Å². The molecule has 3 rings (SSSR count). The van der Waals surface area contributed by atoms with E-state index in [1.807, 2.05) is 0 Å². The Morgan fingerprint density at radius 2 is 2.18 bits per heavy atom. The summed E-state index contributed by atoms with van der Waals surface area (Å²) in [5.41, 5.74) is 0.966. The topological polar surface area (TPSA) is 90.9 Å². The molecule has 0 N–H and O–H groups in total. The molecule has 0 aliphatic carbocycles. The quantitative estimate of drug-likeness (QED) is 0.723. The molecule has 0 atom stereocenters. The molecule has 0 radical (unpaired) electrons. The molecule has 0 bridgehead atoms. The highest BCUT2D eigenvalue weighted by Crippen LogP contribution is 2.23. The smallest absolute Gasteiger partial charge is 0.249 e. The first kappa shape index (κ1) is 14.7. The fraction of sp³-hybridized carbons (Fsp3) is 0.154. The molecule has 0 saturated heterocycles. The fourth-order valence-electron chi connectivity index (χ4n) is 1.94. The van der Waals surface area contributed by atoms with E-state index in [2.05, 4.69) is 15.2 Å². The summed E-state index contributed by atoms with van der Waals surface area (Å²) in [4.78, 5) is 4.18. The number of hydrogen-bond donors (Lipinski definition) is 0. The van der Waals surface area contributed by atoms with Crippen LogP contribution in [0.15, 0.2) is 46.4 Å². The third-order valence-electron chi connectivity index (χ3n) is 2.91. The number of aryl methyl sites for hydroxylation is 1. The summed E-state index contributed by atoms with van der Waals surface area (Å²) in [5.74, 6) is -0.00507. The lowest BCUT2D eigenvalue weighted by Gasteiger charge is -2.00. The molecule has 0 saturated carbocycles. The fourth-order valence-corrected chi connectivity index (χ4v) is 3.44. The van der Waals surface area contributed by atoms with Crippen molar-refractivity contribution in [2.24, 2.45) is 7.05 Å². The first-order valence-electron chi connectivity index (χ1n) is 6.23. The molecule has 1 aromatic carbocycles. The number of benzene rings is 1. The maximum Gasteiger partial charge on any atom is 0.249 e. The predicted octanol–water partition coefficient (Wildman–Crippen LogP) is 2.10. The van der Waals surface area contributed by atoms with Gasteiger partial charge in [-0.1, -0.05) is 17.7 Å². The zero-order chi connectivity index (χ0) is 15.7. The molecule has 7 nitrogen and oxygen atoms in total. The molecule has 2 heterocycles. The van der Waals surface area contributed by atoms with Crippen molar-refractivity contribution in [3.8, 4) is 11.5 Å². The van der Waals surface area contributed by atoms with E-state index in [-0.39, 0.29) is 16.6 Å². The van der Waals surface area contributed by atoms with Gasteiger partial charge < -0.3 is 8.98 Å². The number of nitrogens with zero attached hydrogens (tertiary/aromatic N) is 4. The van der Waals surface area contributed by atoms with E-state index in [9.17, 15) is 8.42 Å². The average Bonchev–Trinajstić information content (AvgIpc) is 3.07. The number of oxazole rings is 1. The maximum absolute atomic E-state index is 12.3. The Balaban J connectivity index is 1.88. The Hall–Kier alpha value is -2.19. The van der Waals surface area contributed by atoms with Crippen LogP contribution in [0.1, 0.15) is 5.69 Å². The van der Waals surface area contributed by atoms with E-state index in [0.717, 1.165) is 0 Å². The number of rotatable bonds is 4. The summed E-state index contributed by atoms with van der Waals surface area (Å²) in [6, 6.07) is 6.96. The second-order valence-electron chi connectivity index (χ2n) is 4.64. The zero-order valence-corrected chi connectivity index (χ0v) is 13.0. The van der Waals surface area contributed by atoms with Gasteiger partial charge >= 0.3 is 0 Å². The van der Waals surface area contributed by atoms with E-state index < -0.39 is 9.84 Å². The van der Waals surface area contributed by atoms with E-state index in [1.54, 1.807) is 31.3 Å². The van der Waals surface area contributed by atoms with E-state index in [1.165, 1.54) is 17.2 Å². The monoisotopic (exact) mass is 338 g/mol. The van der Waals surface area contributed by atoms with E-state index in [0.29, 0.717) is 16.5 Å². The van der Waals surface area contributed by atoms with Crippen molar-refractivity contribution in [3.63, 3.8) is 0 Å². The Morgan fingerprint density at radius 1 is 1.36 bits per heavy atom. The van der Waals surface area contributed by atoms with Crippen LogP contribution >= 0.6 is 11.6 Å². The molecule has 0 amide bonds. The van der Waals surface area contributed by atoms with Gasteiger partial charge in [-0.2, -0.15) is 0 Å². The summed E-state index contributed by atoms with van der Waals surface area (Å²) >= 11 is 5.91. The molecule has 0 aliphatic heterocycles. The summed E-state index contributed by atoms with van der Waals surface area (Å²) in [6.07, 6.45) is 2.64. The number of aromatic nitrogens is 4. The van der Waals surface area contributed by atoms with E-state index in [4.69, 9.17) is 16.0 Å². The second-order valence-corrected chi connectivity index (χ2v) is 6.96. The van der Waals surface area contributed by atoms with Crippen molar-refractivity contribution in [2.75, 3.05) is 0 Å². The van der Waals surface area contributed by atoms with Crippen molar-refractivity contribution >= 4 is 21.4 Å². The van der Waals surface area contributed by atoms with Crippen LogP contribution in [0.2, 0.25) is 5.02 Å². The Labute approximate surface area is 131 Å². The standard InChI is InChI=1S/C13H11ClN4O3S/c1-18-8-15-17-13(18)22(19,20)7-11-6-21-12(16-11)9-3-2-4-10(14)5-9/h2-6,8H,7H2,1H3. The Morgan fingerprint density at radius 3 is 2.86 bits per heavy atom. The summed E-state index contributed by atoms with van der Waals surface area (Å²) in [7, 11) is -2.07. The first-order chi connectivity index (χ1) is 10.5. The number of halogens is 1. The van der Waals surface area contributed by atoms with Crippen molar-refractivity contribution in [2.45, 2.75) is 10.9 Å². The summed E-state index contributed by atoms with van der Waals surface area (Å²) in [6.45, 7) is 0. The summed E-state index contributed by atoms with van der Waals surface area (Å²) < 4.78 is 31.2. The molecule has 0 spiro atoms. The molecule has 0 aliphatic rings. The van der Waals surface area contributed by atoms with Gasteiger partial charge in [-0.15, -0.1) is 10.2 Å².